The molecule has 1 aliphatic heterocycles. The van der Waals surface area contributed by atoms with E-state index in [1.165, 1.54) is 37.8 Å². The van der Waals surface area contributed by atoms with E-state index < -0.39 is 0 Å². The third kappa shape index (κ3) is 2.24. The Bertz CT molecular complexity index is 358. The Kier molecular flexibility index (Phi) is 3.17. The van der Waals surface area contributed by atoms with Crippen LogP contribution in [-0.4, -0.2) is 24.0 Å². The average Bonchev–Trinajstić information content (AvgIpc) is 3.23. The van der Waals surface area contributed by atoms with Crippen LogP contribution in [0.4, 0.5) is 0 Å². The molecule has 92 valence electrons. The molecule has 2 heteroatoms. The van der Waals surface area contributed by atoms with Crippen molar-refractivity contribution in [1.29, 1.82) is 0 Å². The molecule has 0 aromatic heterocycles. The lowest BCUT2D eigenvalue weighted by Crippen LogP contribution is -2.42. The number of piperidine rings is 1. The van der Waals surface area contributed by atoms with Crippen LogP contribution in [0.2, 0.25) is 0 Å². The van der Waals surface area contributed by atoms with Gasteiger partial charge in [-0.15, -0.1) is 0 Å². The van der Waals surface area contributed by atoms with Gasteiger partial charge in [0.2, 0.25) is 0 Å². The van der Waals surface area contributed by atoms with Crippen LogP contribution in [0.5, 0.6) is 0 Å². The first-order valence-corrected chi connectivity index (χ1v) is 6.91. The average molecular weight is 230 g/mol. The molecule has 0 amide bonds. The number of likely N-dealkylation sites (tertiary alicyclic amines) is 1. The van der Waals surface area contributed by atoms with Crippen molar-refractivity contribution >= 4 is 0 Å². The second-order valence-corrected chi connectivity index (χ2v) is 5.46. The number of hydrogen-bond donors (Lipinski definition) is 1. The fraction of sp³-hybridized carbons (Fsp3) is 0.600. The molecule has 0 bridgehead atoms. The van der Waals surface area contributed by atoms with E-state index in [9.17, 15) is 0 Å². The highest BCUT2D eigenvalue weighted by Gasteiger charge is 2.39. The molecule has 3 rings (SSSR count). The summed E-state index contributed by atoms with van der Waals surface area (Å²) in [5.74, 6) is 0.645. The Morgan fingerprint density at radius 3 is 2.53 bits per heavy atom. The van der Waals surface area contributed by atoms with E-state index in [2.05, 4.69) is 35.2 Å². The first-order chi connectivity index (χ1) is 8.40. The first kappa shape index (κ1) is 11.2. The highest BCUT2D eigenvalue weighted by molar-refractivity contribution is 5.21. The summed E-state index contributed by atoms with van der Waals surface area (Å²) in [6, 6.07) is 12.4. The van der Waals surface area contributed by atoms with Crippen LogP contribution in [0.15, 0.2) is 30.3 Å². The molecule has 17 heavy (non-hydrogen) atoms. The number of nitrogens with two attached hydrogens (primary N) is 1. The van der Waals surface area contributed by atoms with Crippen molar-refractivity contribution in [3.63, 3.8) is 0 Å². The quantitative estimate of drug-likeness (QED) is 0.864. The normalized spacial score (nSPS) is 30.4. The van der Waals surface area contributed by atoms with Crippen molar-refractivity contribution < 1.29 is 0 Å². The summed E-state index contributed by atoms with van der Waals surface area (Å²) in [7, 11) is 0. The maximum Gasteiger partial charge on any atom is 0.0391 e. The van der Waals surface area contributed by atoms with Crippen molar-refractivity contribution in [2.24, 2.45) is 11.7 Å². The molecule has 2 atom stereocenters. The summed E-state index contributed by atoms with van der Waals surface area (Å²) in [6.45, 7) is 2.09. The van der Waals surface area contributed by atoms with E-state index in [-0.39, 0.29) is 0 Å². The molecule has 0 radical (unpaired) electrons. The van der Waals surface area contributed by atoms with E-state index in [0.717, 1.165) is 12.6 Å². The van der Waals surface area contributed by atoms with Crippen LogP contribution in [0, 0.1) is 5.92 Å². The Labute approximate surface area is 104 Å². The van der Waals surface area contributed by atoms with Gasteiger partial charge in [0.05, 0.1) is 0 Å². The van der Waals surface area contributed by atoms with Crippen LogP contribution in [0.3, 0.4) is 0 Å². The maximum absolute atomic E-state index is 5.99. The predicted octanol–water partition coefficient (Wildman–Crippen LogP) is 2.56. The number of nitrogens with zero attached hydrogens (tertiary/aromatic N) is 1. The number of benzene rings is 1. The molecule has 2 fully saturated rings. The van der Waals surface area contributed by atoms with Gasteiger partial charge in [0.15, 0.2) is 0 Å². The Balaban J connectivity index is 1.88. The zero-order valence-corrected chi connectivity index (χ0v) is 10.4. The van der Waals surface area contributed by atoms with Gasteiger partial charge in [0.25, 0.3) is 0 Å². The predicted molar refractivity (Wildman–Crippen MR) is 70.7 cm³/mol. The van der Waals surface area contributed by atoms with E-state index in [0.29, 0.717) is 12.0 Å². The topological polar surface area (TPSA) is 29.3 Å². The van der Waals surface area contributed by atoms with Crippen LogP contribution >= 0.6 is 0 Å². The third-order valence-electron chi connectivity index (χ3n) is 4.25. The molecule has 2 N–H and O–H groups in total. The summed E-state index contributed by atoms with van der Waals surface area (Å²) in [4.78, 5) is 2.72. The van der Waals surface area contributed by atoms with Gasteiger partial charge in [0, 0.05) is 12.1 Å². The minimum atomic E-state index is 0.572. The molecule has 1 heterocycles. The highest BCUT2D eigenvalue weighted by Crippen LogP contribution is 2.42. The number of hydrogen-bond acceptors (Lipinski definition) is 2. The first-order valence-electron chi connectivity index (χ1n) is 6.91. The summed E-state index contributed by atoms with van der Waals surface area (Å²) in [5.41, 5.74) is 7.45. The lowest BCUT2D eigenvalue weighted by atomic mass is 9.84. The van der Waals surface area contributed by atoms with Gasteiger partial charge in [-0.05, 0) is 50.3 Å². The van der Waals surface area contributed by atoms with E-state index in [1.807, 2.05) is 0 Å². The minimum Gasteiger partial charge on any atom is -0.330 e. The van der Waals surface area contributed by atoms with Crippen molar-refractivity contribution in [1.82, 2.24) is 4.90 Å². The van der Waals surface area contributed by atoms with Gasteiger partial charge in [-0.1, -0.05) is 30.3 Å². The second kappa shape index (κ2) is 4.79. The Morgan fingerprint density at radius 2 is 1.88 bits per heavy atom. The summed E-state index contributed by atoms with van der Waals surface area (Å²) in [6.07, 6.45) is 5.39. The summed E-state index contributed by atoms with van der Waals surface area (Å²) < 4.78 is 0. The zero-order valence-electron chi connectivity index (χ0n) is 10.4. The molecule has 1 saturated heterocycles. The lowest BCUT2D eigenvalue weighted by Gasteiger charge is -2.41. The molecular formula is C15H22N2. The maximum atomic E-state index is 5.99. The van der Waals surface area contributed by atoms with Gasteiger partial charge in [-0.25, -0.2) is 0 Å². The van der Waals surface area contributed by atoms with Gasteiger partial charge < -0.3 is 5.73 Å². The molecule has 2 aliphatic rings. The van der Waals surface area contributed by atoms with Gasteiger partial charge in [-0.3, -0.25) is 4.90 Å². The number of rotatable bonds is 3. The molecule has 2 nitrogen and oxygen atoms in total. The van der Waals surface area contributed by atoms with Crippen molar-refractivity contribution in [2.45, 2.75) is 37.8 Å². The van der Waals surface area contributed by atoms with Crippen molar-refractivity contribution in [3.8, 4) is 0 Å². The van der Waals surface area contributed by atoms with Crippen molar-refractivity contribution in [3.05, 3.63) is 35.9 Å². The minimum absolute atomic E-state index is 0.572. The van der Waals surface area contributed by atoms with Crippen LogP contribution < -0.4 is 5.73 Å². The molecular weight excluding hydrogens is 208 g/mol. The Morgan fingerprint density at radius 1 is 1.12 bits per heavy atom. The second-order valence-electron chi connectivity index (χ2n) is 5.46. The molecule has 0 spiro atoms. The standard InChI is InChI=1S/C15H22N2/c16-11-13-7-4-10-17(14-8-9-14)15(13)12-5-2-1-3-6-12/h1-3,5-6,13-15H,4,7-11,16H2. The zero-order chi connectivity index (χ0) is 11.7. The van der Waals surface area contributed by atoms with Crippen LogP contribution in [0.1, 0.15) is 37.3 Å². The third-order valence-corrected chi connectivity index (χ3v) is 4.25. The molecule has 1 saturated carbocycles. The highest BCUT2D eigenvalue weighted by atomic mass is 15.2. The van der Waals surface area contributed by atoms with Crippen molar-refractivity contribution in [2.75, 3.05) is 13.1 Å². The smallest absolute Gasteiger partial charge is 0.0391 e. The van der Waals surface area contributed by atoms with E-state index in [1.54, 1.807) is 0 Å². The van der Waals surface area contributed by atoms with Gasteiger partial charge in [-0.2, -0.15) is 0 Å². The summed E-state index contributed by atoms with van der Waals surface area (Å²) >= 11 is 0. The van der Waals surface area contributed by atoms with Gasteiger partial charge in [0.1, 0.15) is 0 Å². The van der Waals surface area contributed by atoms with Crippen LogP contribution in [0.25, 0.3) is 0 Å². The van der Waals surface area contributed by atoms with Crippen LogP contribution in [-0.2, 0) is 0 Å². The Hall–Kier alpha value is -0.860. The fourth-order valence-corrected chi connectivity index (χ4v) is 3.28. The lowest BCUT2D eigenvalue weighted by molar-refractivity contribution is 0.0880. The van der Waals surface area contributed by atoms with E-state index in [4.69, 9.17) is 5.73 Å². The largest absolute Gasteiger partial charge is 0.330 e. The fourth-order valence-electron chi connectivity index (χ4n) is 3.28. The molecule has 1 aromatic carbocycles. The summed E-state index contributed by atoms with van der Waals surface area (Å²) in [5, 5.41) is 0. The molecule has 1 aromatic rings. The van der Waals surface area contributed by atoms with E-state index >= 15 is 0 Å². The molecule has 1 aliphatic carbocycles. The van der Waals surface area contributed by atoms with Gasteiger partial charge >= 0.3 is 0 Å². The monoisotopic (exact) mass is 230 g/mol. The molecule has 2 unspecified atom stereocenters. The SMILES string of the molecule is NCC1CCCN(C2CC2)C1c1ccccc1.